The summed E-state index contributed by atoms with van der Waals surface area (Å²) in [6, 6.07) is 0. The maximum absolute atomic E-state index is 11.0. The average Bonchev–Trinajstić information content (AvgIpc) is 2.62. The van der Waals surface area contributed by atoms with Crippen molar-refractivity contribution in [1.82, 2.24) is 0 Å². The van der Waals surface area contributed by atoms with Crippen LogP contribution in [-0.4, -0.2) is 17.9 Å². The quantitative estimate of drug-likeness (QED) is 0.443. The molecule has 104 valence electrons. The summed E-state index contributed by atoms with van der Waals surface area (Å²) >= 11 is 7.08. The maximum atomic E-state index is 11.0. The van der Waals surface area contributed by atoms with Gasteiger partial charge in [-0.15, -0.1) is 23.1 Å². The molecule has 0 spiro atoms. The van der Waals surface area contributed by atoms with Gasteiger partial charge < -0.3 is 4.84 Å². The fraction of sp³-hybridized carbons (Fsp3) is 0.538. The van der Waals surface area contributed by atoms with Gasteiger partial charge in [0.25, 0.3) is 0 Å². The molecule has 1 aromatic heterocycles. The maximum Gasteiger partial charge on any atom is 0.331 e. The van der Waals surface area contributed by atoms with Crippen LogP contribution in [0, 0.1) is 5.41 Å². The highest BCUT2D eigenvalue weighted by Gasteiger charge is 2.34. The Morgan fingerprint density at radius 2 is 2.16 bits per heavy atom. The number of hydrogen-bond acceptors (Lipinski definition) is 5. The molecule has 2 rings (SSSR count). The summed E-state index contributed by atoms with van der Waals surface area (Å²) in [5.74, 6) is -0.377. The van der Waals surface area contributed by atoms with Crippen LogP contribution in [0.3, 0.4) is 0 Å². The Balaban J connectivity index is 2.52. The van der Waals surface area contributed by atoms with Crippen LogP contribution in [0.4, 0.5) is 0 Å². The van der Waals surface area contributed by atoms with Gasteiger partial charge in [0.2, 0.25) is 0 Å². The number of halogens is 1. The van der Waals surface area contributed by atoms with E-state index in [2.05, 4.69) is 41.2 Å². The number of thiophene rings is 1. The highest BCUT2D eigenvalue weighted by molar-refractivity contribution is 9.11. The smallest absolute Gasteiger partial charge is 0.318 e. The van der Waals surface area contributed by atoms with Crippen LogP contribution in [0.1, 0.15) is 38.3 Å². The normalized spacial score (nSPS) is 19.3. The predicted octanol–water partition coefficient (Wildman–Crippen LogP) is 4.47. The van der Waals surface area contributed by atoms with Gasteiger partial charge in [0.1, 0.15) is 0 Å². The molecule has 0 saturated carbocycles. The Morgan fingerprint density at radius 3 is 2.74 bits per heavy atom. The molecule has 0 N–H and O–H groups in total. The van der Waals surface area contributed by atoms with Gasteiger partial charge in [-0.05, 0) is 46.0 Å². The zero-order valence-corrected chi connectivity index (χ0v) is 14.6. The molecule has 0 aromatic carbocycles. The van der Waals surface area contributed by atoms with E-state index in [4.69, 9.17) is 4.84 Å². The van der Waals surface area contributed by atoms with E-state index in [1.807, 2.05) is 0 Å². The molecule has 0 atom stereocenters. The molecular weight excluding hydrogens is 346 g/mol. The minimum absolute atomic E-state index is 0.130. The molecule has 19 heavy (non-hydrogen) atoms. The molecule has 3 nitrogen and oxygen atoms in total. The SMILES string of the molecule is CSc1sc(Br)c2c1/C(=N\OC(C)=O)CC(C)(C)C2. The van der Waals surface area contributed by atoms with Crippen molar-refractivity contribution in [2.45, 2.75) is 37.8 Å². The van der Waals surface area contributed by atoms with Crippen LogP contribution in [-0.2, 0) is 16.1 Å². The predicted molar refractivity (Wildman–Crippen MR) is 84.2 cm³/mol. The minimum Gasteiger partial charge on any atom is -0.318 e. The Bertz CT molecular complexity index is 549. The topological polar surface area (TPSA) is 38.7 Å². The van der Waals surface area contributed by atoms with Gasteiger partial charge >= 0.3 is 5.97 Å². The van der Waals surface area contributed by atoms with Crippen LogP contribution >= 0.6 is 39.0 Å². The van der Waals surface area contributed by atoms with E-state index < -0.39 is 0 Å². The Hall–Kier alpha value is -0.330. The molecule has 0 amide bonds. The summed E-state index contributed by atoms with van der Waals surface area (Å²) in [6.07, 6.45) is 3.89. The fourth-order valence-electron chi connectivity index (χ4n) is 2.29. The zero-order chi connectivity index (χ0) is 14.2. The second kappa shape index (κ2) is 5.58. The van der Waals surface area contributed by atoms with Gasteiger partial charge in [-0.2, -0.15) is 0 Å². The summed E-state index contributed by atoms with van der Waals surface area (Å²) in [7, 11) is 0. The first-order chi connectivity index (χ1) is 8.84. The van der Waals surface area contributed by atoms with Crippen LogP contribution in [0.15, 0.2) is 13.2 Å². The minimum atomic E-state index is -0.377. The molecule has 1 heterocycles. The van der Waals surface area contributed by atoms with E-state index in [-0.39, 0.29) is 11.4 Å². The molecule has 1 aliphatic rings. The summed E-state index contributed by atoms with van der Waals surface area (Å²) < 4.78 is 2.39. The van der Waals surface area contributed by atoms with Crippen molar-refractivity contribution in [3.8, 4) is 0 Å². The van der Waals surface area contributed by atoms with Crippen molar-refractivity contribution in [1.29, 1.82) is 0 Å². The highest BCUT2D eigenvalue weighted by atomic mass is 79.9. The van der Waals surface area contributed by atoms with Gasteiger partial charge in [0, 0.05) is 12.5 Å². The van der Waals surface area contributed by atoms with Crippen molar-refractivity contribution >= 4 is 50.7 Å². The third kappa shape index (κ3) is 3.23. The molecule has 0 unspecified atom stereocenters. The summed E-state index contributed by atoms with van der Waals surface area (Å²) in [5.41, 5.74) is 3.46. The number of fused-ring (bicyclic) bond motifs is 1. The van der Waals surface area contributed by atoms with E-state index in [0.29, 0.717) is 0 Å². The molecular formula is C13H16BrNO2S2. The lowest BCUT2D eigenvalue weighted by molar-refractivity contribution is -0.140. The monoisotopic (exact) mass is 361 g/mol. The molecule has 1 aromatic rings. The van der Waals surface area contributed by atoms with Gasteiger partial charge in [-0.3, -0.25) is 0 Å². The fourth-order valence-corrected chi connectivity index (χ4v) is 5.27. The summed E-state index contributed by atoms with van der Waals surface area (Å²) in [5, 5.41) is 4.08. The largest absolute Gasteiger partial charge is 0.331 e. The van der Waals surface area contributed by atoms with E-state index in [0.717, 1.165) is 27.9 Å². The molecule has 1 aliphatic carbocycles. The number of carbonyl (C=O) groups is 1. The number of thioether (sulfide) groups is 1. The number of oxime groups is 1. The zero-order valence-electron chi connectivity index (χ0n) is 11.4. The molecule has 0 bridgehead atoms. The Labute approximate surface area is 129 Å². The number of carbonyl (C=O) groups excluding carboxylic acids is 1. The molecule has 0 aliphatic heterocycles. The van der Waals surface area contributed by atoms with Crippen molar-refractivity contribution in [3.63, 3.8) is 0 Å². The molecule has 6 heteroatoms. The molecule has 0 saturated heterocycles. The van der Waals surface area contributed by atoms with Crippen LogP contribution in [0.5, 0.6) is 0 Å². The third-order valence-corrected chi connectivity index (χ3v) is 6.09. The van der Waals surface area contributed by atoms with E-state index in [9.17, 15) is 4.79 Å². The second-order valence-corrected chi connectivity index (χ2v) is 8.77. The lowest BCUT2D eigenvalue weighted by Gasteiger charge is -2.30. The lowest BCUT2D eigenvalue weighted by atomic mass is 9.75. The third-order valence-electron chi connectivity index (χ3n) is 2.99. The van der Waals surface area contributed by atoms with Crippen LogP contribution in [0.25, 0.3) is 0 Å². The second-order valence-electron chi connectivity index (χ2n) is 5.36. The Morgan fingerprint density at radius 1 is 1.47 bits per heavy atom. The summed E-state index contributed by atoms with van der Waals surface area (Å²) in [4.78, 5) is 15.8. The number of hydrogen-bond donors (Lipinski definition) is 0. The van der Waals surface area contributed by atoms with Gasteiger partial charge in [-0.1, -0.05) is 19.0 Å². The first kappa shape index (κ1) is 15.1. The standard InChI is InChI=1S/C13H16BrNO2S2/c1-7(16)17-15-9-6-13(2,3)5-8-10(9)12(18-4)19-11(8)14/h5-6H2,1-4H3/b15-9-. The first-order valence-electron chi connectivity index (χ1n) is 5.94. The van der Waals surface area contributed by atoms with Crippen molar-refractivity contribution in [3.05, 3.63) is 14.9 Å². The van der Waals surface area contributed by atoms with Crippen molar-refractivity contribution < 1.29 is 9.63 Å². The van der Waals surface area contributed by atoms with Crippen molar-refractivity contribution in [2.75, 3.05) is 6.26 Å². The Kier molecular flexibility index (Phi) is 4.42. The van der Waals surface area contributed by atoms with Crippen LogP contribution in [0.2, 0.25) is 0 Å². The molecule has 0 fully saturated rings. The van der Waals surface area contributed by atoms with E-state index in [1.54, 1.807) is 23.1 Å². The number of rotatable bonds is 2. The molecule has 0 radical (unpaired) electrons. The average molecular weight is 362 g/mol. The lowest BCUT2D eigenvalue weighted by Crippen LogP contribution is -2.27. The van der Waals surface area contributed by atoms with Gasteiger partial charge in [0.15, 0.2) is 0 Å². The number of nitrogens with zero attached hydrogens (tertiary/aromatic N) is 1. The summed E-state index contributed by atoms with van der Waals surface area (Å²) in [6.45, 7) is 5.79. The van der Waals surface area contributed by atoms with Crippen molar-refractivity contribution in [2.24, 2.45) is 10.6 Å². The van der Waals surface area contributed by atoms with E-state index in [1.165, 1.54) is 16.7 Å². The highest BCUT2D eigenvalue weighted by Crippen LogP contribution is 2.46. The van der Waals surface area contributed by atoms with Crippen LogP contribution < -0.4 is 0 Å². The first-order valence-corrected chi connectivity index (χ1v) is 8.77. The van der Waals surface area contributed by atoms with Gasteiger partial charge in [0.05, 0.1) is 13.7 Å². The van der Waals surface area contributed by atoms with Gasteiger partial charge in [-0.25, -0.2) is 4.79 Å². The van der Waals surface area contributed by atoms with E-state index >= 15 is 0 Å².